The second kappa shape index (κ2) is 7.09. The van der Waals surface area contributed by atoms with Gasteiger partial charge < -0.3 is 15.7 Å². The van der Waals surface area contributed by atoms with Crippen molar-refractivity contribution in [2.24, 2.45) is 0 Å². The molecule has 0 aliphatic carbocycles. The summed E-state index contributed by atoms with van der Waals surface area (Å²) in [6.45, 7) is 0.278. The summed E-state index contributed by atoms with van der Waals surface area (Å²) in [7, 11) is 0. The molecule has 7 nitrogen and oxygen atoms in total. The lowest BCUT2D eigenvalue weighted by Gasteiger charge is -2.15. The van der Waals surface area contributed by atoms with Crippen LogP contribution in [0.15, 0.2) is 42.7 Å². The molecule has 0 saturated heterocycles. The fraction of sp³-hybridized carbons (Fsp3) is 0.214. The van der Waals surface area contributed by atoms with Crippen molar-refractivity contribution in [3.63, 3.8) is 0 Å². The first-order valence-corrected chi connectivity index (χ1v) is 6.44. The van der Waals surface area contributed by atoms with Crippen molar-refractivity contribution in [3.05, 3.63) is 53.9 Å². The number of carboxylic acids is 1. The molecule has 7 heteroatoms. The van der Waals surface area contributed by atoms with Crippen molar-refractivity contribution in [1.29, 1.82) is 0 Å². The zero-order valence-electron chi connectivity index (χ0n) is 11.2. The van der Waals surface area contributed by atoms with Gasteiger partial charge in [-0.3, -0.25) is 5.10 Å². The zero-order valence-corrected chi connectivity index (χ0v) is 11.2. The maximum atomic E-state index is 11.7. The number of H-pyrrole nitrogens is 1. The molecule has 0 bridgehead atoms. The van der Waals surface area contributed by atoms with E-state index < -0.39 is 18.0 Å². The van der Waals surface area contributed by atoms with Crippen LogP contribution in [-0.4, -0.2) is 33.3 Å². The highest BCUT2D eigenvalue weighted by atomic mass is 16.4. The molecule has 0 spiro atoms. The van der Waals surface area contributed by atoms with Crippen molar-refractivity contribution in [3.8, 4) is 0 Å². The molecule has 2 amide bonds. The number of urea groups is 1. The van der Waals surface area contributed by atoms with Gasteiger partial charge in [0.25, 0.3) is 0 Å². The maximum Gasteiger partial charge on any atom is 0.326 e. The molecule has 1 aromatic heterocycles. The van der Waals surface area contributed by atoms with Gasteiger partial charge in [-0.05, 0) is 5.56 Å². The lowest BCUT2D eigenvalue weighted by atomic mass is 10.1. The lowest BCUT2D eigenvalue weighted by Crippen LogP contribution is -2.46. The topological polar surface area (TPSA) is 107 Å². The third kappa shape index (κ3) is 4.64. The van der Waals surface area contributed by atoms with Gasteiger partial charge in [-0.25, -0.2) is 9.59 Å². The first-order valence-electron chi connectivity index (χ1n) is 6.44. The fourth-order valence-corrected chi connectivity index (χ4v) is 1.82. The Bertz CT molecular complexity index is 584. The number of hydrogen-bond donors (Lipinski definition) is 4. The van der Waals surface area contributed by atoms with Crippen LogP contribution in [-0.2, 0) is 17.8 Å². The summed E-state index contributed by atoms with van der Waals surface area (Å²) in [6, 6.07) is 7.64. The van der Waals surface area contributed by atoms with Crippen LogP contribution in [0.1, 0.15) is 11.1 Å². The highest BCUT2D eigenvalue weighted by Crippen LogP contribution is 2.03. The normalized spacial score (nSPS) is 11.6. The number of carbonyl (C=O) groups excluding carboxylic acids is 1. The highest BCUT2D eigenvalue weighted by Gasteiger charge is 2.20. The van der Waals surface area contributed by atoms with Crippen LogP contribution in [0, 0.1) is 0 Å². The third-order valence-corrected chi connectivity index (χ3v) is 2.89. The minimum absolute atomic E-state index is 0.231. The van der Waals surface area contributed by atoms with Gasteiger partial charge in [-0.1, -0.05) is 30.3 Å². The Morgan fingerprint density at radius 1 is 1.24 bits per heavy atom. The average molecular weight is 288 g/mol. The molecular weight excluding hydrogens is 272 g/mol. The molecule has 0 aliphatic heterocycles. The summed E-state index contributed by atoms with van der Waals surface area (Å²) < 4.78 is 0. The van der Waals surface area contributed by atoms with Crippen molar-refractivity contribution >= 4 is 12.0 Å². The van der Waals surface area contributed by atoms with Gasteiger partial charge in [-0.15, -0.1) is 0 Å². The summed E-state index contributed by atoms with van der Waals surface area (Å²) >= 11 is 0. The van der Waals surface area contributed by atoms with Gasteiger partial charge in [-0.2, -0.15) is 5.10 Å². The maximum absolute atomic E-state index is 11.7. The van der Waals surface area contributed by atoms with Crippen LogP contribution in [0.2, 0.25) is 0 Å². The Morgan fingerprint density at radius 3 is 2.62 bits per heavy atom. The van der Waals surface area contributed by atoms with E-state index in [1.54, 1.807) is 12.4 Å². The van der Waals surface area contributed by atoms with Crippen LogP contribution >= 0.6 is 0 Å². The molecule has 21 heavy (non-hydrogen) atoms. The second-order valence-corrected chi connectivity index (χ2v) is 4.51. The van der Waals surface area contributed by atoms with E-state index in [1.807, 2.05) is 30.3 Å². The molecule has 2 aromatic rings. The summed E-state index contributed by atoms with van der Waals surface area (Å²) in [5.74, 6) is -1.07. The molecule has 0 unspecified atom stereocenters. The summed E-state index contributed by atoms with van der Waals surface area (Å²) in [4.78, 5) is 22.9. The van der Waals surface area contributed by atoms with Crippen LogP contribution in [0.25, 0.3) is 0 Å². The van der Waals surface area contributed by atoms with E-state index in [1.165, 1.54) is 0 Å². The minimum atomic E-state index is -1.07. The number of amides is 2. The highest BCUT2D eigenvalue weighted by molar-refractivity contribution is 5.82. The number of rotatable bonds is 6. The fourth-order valence-electron chi connectivity index (χ4n) is 1.82. The first kappa shape index (κ1) is 14.6. The first-order chi connectivity index (χ1) is 10.1. The minimum Gasteiger partial charge on any atom is -0.480 e. The molecule has 0 fully saturated rings. The van der Waals surface area contributed by atoms with Gasteiger partial charge in [0.05, 0.1) is 6.20 Å². The summed E-state index contributed by atoms with van der Waals surface area (Å²) in [5, 5.41) is 20.6. The number of carboxylic acid groups (broad SMARTS) is 1. The van der Waals surface area contributed by atoms with Gasteiger partial charge in [0.1, 0.15) is 6.04 Å². The lowest BCUT2D eigenvalue weighted by molar-refractivity contribution is -0.139. The molecule has 1 heterocycles. The van der Waals surface area contributed by atoms with Gasteiger partial charge >= 0.3 is 12.0 Å². The Kier molecular flexibility index (Phi) is 4.92. The summed E-state index contributed by atoms with van der Waals surface area (Å²) in [6.07, 6.45) is 3.47. The Hall–Kier alpha value is -2.83. The van der Waals surface area contributed by atoms with Crippen molar-refractivity contribution in [1.82, 2.24) is 20.8 Å². The van der Waals surface area contributed by atoms with E-state index in [-0.39, 0.29) is 13.0 Å². The van der Waals surface area contributed by atoms with Crippen molar-refractivity contribution in [2.75, 3.05) is 0 Å². The number of benzene rings is 1. The van der Waals surface area contributed by atoms with E-state index in [4.69, 9.17) is 0 Å². The average Bonchev–Trinajstić information content (AvgIpc) is 2.99. The Balaban J connectivity index is 1.87. The largest absolute Gasteiger partial charge is 0.480 e. The smallest absolute Gasteiger partial charge is 0.326 e. The Morgan fingerprint density at radius 2 is 2.00 bits per heavy atom. The summed E-state index contributed by atoms with van der Waals surface area (Å²) in [5.41, 5.74) is 1.65. The number of nitrogens with zero attached hydrogens (tertiary/aromatic N) is 1. The third-order valence-electron chi connectivity index (χ3n) is 2.89. The van der Waals surface area contributed by atoms with E-state index >= 15 is 0 Å². The van der Waals surface area contributed by atoms with Crippen LogP contribution < -0.4 is 10.6 Å². The number of carbonyl (C=O) groups is 2. The van der Waals surface area contributed by atoms with Crippen molar-refractivity contribution in [2.45, 2.75) is 19.0 Å². The molecule has 110 valence electrons. The van der Waals surface area contributed by atoms with Gasteiger partial charge in [0.15, 0.2) is 0 Å². The number of nitrogens with one attached hydrogen (secondary N) is 3. The Labute approximate surface area is 121 Å². The predicted octanol–water partition coefficient (Wildman–Crippen LogP) is 0.905. The second-order valence-electron chi connectivity index (χ2n) is 4.51. The molecule has 2 rings (SSSR count). The number of hydrogen-bond acceptors (Lipinski definition) is 3. The molecule has 0 aliphatic rings. The monoisotopic (exact) mass is 288 g/mol. The van der Waals surface area contributed by atoms with Gasteiger partial charge in [0, 0.05) is 24.7 Å². The van der Waals surface area contributed by atoms with E-state index in [0.29, 0.717) is 0 Å². The van der Waals surface area contributed by atoms with Crippen LogP contribution in [0.4, 0.5) is 4.79 Å². The molecule has 0 saturated carbocycles. The zero-order chi connectivity index (χ0) is 15.1. The standard InChI is InChI=1S/C14H16N4O3/c19-13(20)12(6-10-4-2-1-3-5-10)18-14(21)15-7-11-8-16-17-9-11/h1-5,8-9,12H,6-7H2,(H,16,17)(H,19,20)(H2,15,18,21)/t12-/m1/s1. The van der Waals surface area contributed by atoms with E-state index in [2.05, 4.69) is 20.8 Å². The molecule has 4 N–H and O–H groups in total. The number of aromatic nitrogens is 2. The molecule has 1 aromatic carbocycles. The number of aromatic amines is 1. The van der Waals surface area contributed by atoms with Gasteiger partial charge in [0.2, 0.25) is 0 Å². The van der Waals surface area contributed by atoms with Crippen LogP contribution in [0.3, 0.4) is 0 Å². The molecular formula is C14H16N4O3. The quantitative estimate of drug-likeness (QED) is 0.633. The van der Waals surface area contributed by atoms with Crippen LogP contribution in [0.5, 0.6) is 0 Å². The van der Waals surface area contributed by atoms with Crippen molar-refractivity contribution < 1.29 is 14.7 Å². The SMILES string of the molecule is O=C(NCc1cn[nH]c1)N[C@H](Cc1ccccc1)C(=O)O. The number of aliphatic carboxylic acids is 1. The predicted molar refractivity (Wildman–Crippen MR) is 75.5 cm³/mol. The molecule has 0 radical (unpaired) electrons. The van der Waals surface area contributed by atoms with E-state index in [9.17, 15) is 14.7 Å². The van der Waals surface area contributed by atoms with E-state index in [0.717, 1.165) is 11.1 Å². The molecule has 1 atom stereocenters.